The van der Waals surface area contributed by atoms with Gasteiger partial charge in [0, 0.05) is 23.2 Å². The van der Waals surface area contributed by atoms with Gasteiger partial charge in [-0.05, 0) is 62.4 Å². The van der Waals surface area contributed by atoms with Gasteiger partial charge in [-0.25, -0.2) is 14.8 Å². The fourth-order valence-electron chi connectivity index (χ4n) is 3.84. The van der Waals surface area contributed by atoms with Crippen LogP contribution in [0.3, 0.4) is 0 Å². The van der Waals surface area contributed by atoms with Gasteiger partial charge in [0.15, 0.2) is 0 Å². The first-order valence-corrected chi connectivity index (χ1v) is 13.4. The zero-order valence-electron chi connectivity index (χ0n) is 22.2. The number of nitrogens with one attached hydrogen (secondary N) is 2. The second kappa shape index (κ2) is 12.0. The predicted molar refractivity (Wildman–Crippen MR) is 151 cm³/mol. The molecule has 0 radical (unpaired) electrons. The molecule has 0 bridgehead atoms. The summed E-state index contributed by atoms with van der Waals surface area (Å²) in [5.41, 5.74) is 2.76. The second-order valence-electron chi connectivity index (χ2n) is 9.68. The van der Waals surface area contributed by atoms with Crippen LogP contribution in [0.4, 0.5) is 10.5 Å². The normalized spacial score (nSPS) is 11.2. The zero-order chi connectivity index (χ0) is 28.0. The topological polar surface area (TPSA) is 120 Å². The van der Waals surface area contributed by atoms with Gasteiger partial charge in [0.05, 0.1) is 18.7 Å². The molecule has 10 heteroatoms. The summed E-state index contributed by atoms with van der Waals surface area (Å²) in [6.07, 6.45) is -0.470. The van der Waals surface area contributed by atoms with Crippen molar-refractivity contribution in [3.05, 3.63) is 76.9 Å². The van der Waals surface area contributed by atoms with Crippen LogP contribution in [0, 0.1) is 0 Å². The van der Waals surface area contributed by atoms with Crippen LogP contribution in [0.5, 0.6) is 0 Å². The van der Waals surface area contributed by atoms with E-state index in [-0.39, 0.29) is 31.4 Å². The third-order valence-electron chi connectivity index (χ3n) is 5.47. The van der Waals surface area contributed by atoms with Gasteiger partial charge >= 0.3 is 12.1 Å². The van der Waals surface area contributed by atoms with Crippen molar-refractivity contribution in [2.75, 3.05) is 11.9 Å². The Labute approximate surface area is 230 Å². The summed E-state index contributed by atoms with van der Waals surface area (Å²) >= 11 is 1.41. The van der Waals surface area contributed by atoms with Gasteiger partial charge in [0.1, 0.15) is 10.4 Å². The Kier molecular flexibility index (Phi) is 8.55. The number of esters is 1. The van der Waals surface area contributed by atoms with E-state index >= 15 is 0 Å². The number of anilines is 1. The first-order valence-electron chi connectivity index (χ1n) is 12.5. The quantitative estimate of drug-likeness (QED) is 0.270. The SMILES string of the molecule is CCOC(=O)Cc1ccccc1NC(=O)c1nc(-c2cccc(CNC(=O)OC(C)(C)C)c2)c2ccsc2n1. The predicted octanol–water partition coefficient (Wildman–Crippen LogP) is 5.74. The van der Waals surface area contributed by atoms with Crippen molar-refractivity contribution >= 4 is 45.2 Å². The highest BCUT2D eigenvalue weighted by Crippen LogP contribution is 2.30. The summed E-state index contributed by atoms with van der Waals surface area (Å²) < 4.78 is 10.4. The number of aromatic nitrogens is 2. The fourth-order valence-corrected chi connectivity index (χ4v) is 4.60. The number of nitrogens with zero attached hydrogens (tertiary/aromatic N) is 2. The van der Waals surface area contributed by atoms with E-state index in [1.54, 1.807) is 52.0 Å². The smallest absolute Gasteiger partial charge is 0.407 e. The lowest BCUT2D eigenvalue weighted by atomic mass is 10.1. The van der Waals surface area contributed by atoms with Crippen molar-refractivity contribution in [2.45, 2.75) is 46.3 Å². The van der Waals surface area contributed by atoms with Gasteiger partial charge in [-0.1, -0.05) is 36.4 Å². The number of benzene rings is 2. The van der Waals surface area contributed by atoms with E-state index in [4.69, 9.17) is 9.47 Å². The molecular formula is C29H30N4O5S. The summed E-state index contributed by atoms with van der Waals surface area (Å²) in [7, 11) is 0. The Morgan fingerprint density at radius 2 is 1.79 bits per heavy atom. The second-order valence-corrected chi connectivity index (χ2v) is 10.6. The van der Waals surface area contributed by atoms with Crippen LogP contribution in [0.25, 0.3) is 21.5 Å². The van der Waals surface area contributed by atoms with E-state index < -0.39 is 17.6 Å². The molecule has 0 fully saturated rings. The maximum atomic E-state index is 13.3. The fraction of sp³-hybridized carbons (Fsp3) is 0.276. The van der Waals surface area contributed by atoms with Gasteiger partial charge < -0.3 is 20.1 Å². The number of carbonyl (C=O) groups is 3. The molecule has 202 valence electrons. The molecule has 2 N–H and O–H groups in total. The third kappa shape index (κ3) is 7.38. The molecule has 0 aliphatic heterocycles. The largest absolute Gasteiger partial charge is 0.466 e. The van der Waals surface area contributed by atoms with Gasteiger partial charge in [0.2, 0.25) is 5.82 Å². The van der Waals surface area contributed by atoms with Crippen molar-refractivity contribution in [3.63, 3.8) is 0 Å². The summed E-state index contributed by atoms with van der Waals surface area (Å²) in [4.78, 5) is 47.2. The van der Waals surface area contributed by atoms with Crippen molar-refractivity contribution in [3.8, 4) is 11.3 Å². The number of alkyl carbamates (subject to hydrolysis) is 1. The Morgan fingerprint density at radius 1 is 1.00 bits per heavy atom. The minimum absolute atomic E-state index is 0.00294. The van der Waals surface area contributed by atoms with Crippen LogP contribution in [-0.2, 0) is 27.2 Å². The van der Waals surface area contributed by atoms with Crippen molar-refractivity contribution in [1.29, 1.82) is 0 Å². The van der Waals surface area contributed by atoms with E-state index in [0.29, 0.717) is 21.8 Å². The molecular weight excluding hydrogens is 516 g/mol. The highest BCUT2D eigenvalue weighted by Gasteiger charge is 2.19. The minimum Gasteiger partial charge on any atom is -0.466 e. The molecule has 0 saturated carbocycles. The molecule has 0 unspecified atom stereocenters. The molecule has 2 aromatic heterocycles. The lowest BCUT2D eigenvalue weighted by Gasteiger charge is -2.19. The summed E-state index contributed by atoms with van der Waals surface area (Å²) in [6, 6.07) is 16.5. The molecule has 4 aromatic rings. The molecule has 0 aliphatic carbocycles. The maximum Gasteiger partial charge on any atom is 0.407 e. The van der Waals surface area contributed by atoms with E-state index in [2.05, 4.69) is 20.6 Å². The minimum atomic E-state index is -0.590. The van der Waals surface area contributed by atoms with Crippen LogP contribution in [0.2, 0.25) is 0 Å². The highest BCUT2D eigenvalue weighted by atomic mass is 32.1. The maximum absolute atomic E-state index is 13.3. The van der Waals surface area contributed by atoms with E-state index in [9.17, 15) is 14.4 Å². The molecule has 0 saturated heterocycles. The number of carbonyl (C=O) groups excluding carboxylic acids is 3. The van der Waals surface area contributed by atoms with Crippen molar-refractivity contribution in [1.82, 2.24) is 15.3 Å². The molecule has 2 heterocycles. The average molecular weight is 547 g/mol. The van der Waals surface area contributed by atoms with Crippen LogP contribution in [0.15, 0.2) is 60.0 Å². The Morgan fingerprint density at radius 3 is 2.56 bits per heavy atom. The summed E-state index contributed by atoms with van der Waals surface area (Å²) in [5, 5.41) is 8.32. The molecule has 4 rings (SSSR count). The molecule has 2 amide bonds. The van der Waals surface area contributed by atoms with Gasteiger partial charge in [-0.15, -0.1) is 11.3 Å². The lowest BCUT2D eigenvalue weighted by molar-refractivity contribution is -0.142. The van der Waals surface area contributed by atoms with E-state index in [1.165, 1.54) is 11.3 Å². The number of rotatable bonds is 8. The molecule has 0 spiro atoms. The van der Waals surface area contributed by atoms with Crippen LogP contribution in [-0.4, -0.2) is 40.1 Å². The van der Waals surface area contributed by atoms with Gasteiger partial charge in [0.25, 0.3) is 5.91 Å². The zero-order valence-corrected chi connectivity index (χ0v) is 23.1. The van der Waals surface area contributed by atoms with Crippen LogP contribution in [0.1, 0.15) is 49.4 Å². The highest BCUT2D eigenvalue weighted by molar-refractivity contribution is 7.16. The van der Waals surface area contributed by atoms with Crippen LogP contribution < -0.4 is 10.6 Å². The molecule has 39 heavy (non-hydrogen) atoms. The van der Waals surface area contributed by atoms with E-state index in [1.807, 2.05) is 35.7 Å². The summed E-state index contributed by atoms with van der Waals surface area (Å²) in [6.45, 7) is 7.71. The number of ether oxygens (including phenoxy) is 2. The molecule has 0 atom stereocenters. The van der Waals surface area contributed by atoms with Gasteiger partial charge in [-0.2, -0.15) is 0 Å². The number of hydrogen-bond acceptors (Lipinski definition) is 8. The standard InChI is InChI=1S/C29H30N4O5S/c1-5-37-23(34)16-19-10-6-7-12-22(19)31-26(35)25-32-24(21-13-14-39-27(21)33-25)20-11-8-9-18(15-20)17-30-28(36)38-29(2,3)4/h6-15H,5,16-17H2,1-4H3,(H,30,36)(H,31,35). The Balaban J connectivity index is 1.59. The molecule has 0 aliphatic rings. The van der Waals surface area contributed by atoms with Crippen LogP contribution >= 0.6 is 11.3 Å². The number of fused-ring (bicyclic) bond motifs is 1. The Hall–Kier alpha value is -4.31. The van der Waals surface area contributed by atoms with Gasteiger partial charge in [-0.3, -0.25) is 9.59 Å². The average Bonchev–Trinajstić information content (AvgIpc) is 3.36. The number of thiophene rings is 1. The number of hydrogen-bond donors (Lipinski definition) is 2. The Bertz CT molecular complexity index is 1510. The third-order valence-corrected chi connectivity index (χ3v) is 6.28. The summed E-state index contributed by atoms with van der Waals surface area (Å²) in [5.74, 6) is -0.868. The molecule has 2 aromatic carbocycles. The number of para-hydroxylation sites is 1. The molecule has 9 nitrogen and oxygen atoms in total. The number of amides is 2. The lowest BCUT2D eigenvalue weighted by Crippen LogP contribution is -2.32. The van der Waals surface area contributed by atoms with E-state index in [0.717, 1.165) is 16.5 Å². The monoisotopic (exact) mass is 546 g/mol. The first kappa shape index (κ1) is 27.7. The first-order chi connectivity index (χ1) is 18.6. The van der Waals surface area contributed by atoms with Crippen molar-refractivity contribution < 1.29 is 23.9 Å². The van der Waals surface area contributed by atoms with Crippen molar-refractivity contribution in [2.24, 2.45) is 0 Å².